The Hall–Kier alpha value is -0.830. The Morgan fingerprint density at radius 3 is 2.50 bits per heavy atom. The fraction of sp³-hybridized carbons (Fsp3) is 0.538. The average Bonchev–Trinajstić information content (AvgIpc) is 2.37. The molecule has 2 N–H and O–H groups in total. The molecule has 1 aromatic rings. The minimum Gasteiger partial charge on any atom is -0.314 e. The summed E-state index contributed by atoms with van der Waals surface area (Å²) in [6.07, 6.45) is -3.60. The van der Waals surface area contributed by atoms with Crippen molar-refractivity contribution in [2.45, 2.75) is 42.9 Å². The second kappa shape index (κ2) is 7.16. The first kappa shape index (κ1) is 19.2. The Balaban J connectivity index is 0.00000242. The van der Waals surface area contributed by atoms with E-state index >= 15 is 0 Å². The molecule has 9 heteroatoms. The maximum Gasteiger partial charge on any atom is 0.417 e. The van der Waals surface area contributed by atoms with Gasteiger partial charge in [-0.1, -0.05) is 12.1 Å². The summed E-state index contributed by atoms with van der Waals surface area (Å²) in [5, 5.41) is 3.16. The lowest BCUT2D eigenvalue weighted by Crippen LogP contribution is -2.46. The van der Waals surface area contributed by atoms with E-state index in [0.717, 1.165) is 12.1 Å². The van der Waals surface area contributed by atoms with Crippen molar-refractivity contribution in [1.29, 1.82) is 0 Å². The molecule has 1 aliphatic heterocycles. The van der Waals surface area contributed by atoms with E-state index in [-0.39, 0.29) is 24.5 Å². The maximum atomic E-state index is 12.9. The van der Waals surface area contributed by atoms with Gasteiger partial charge < -0.3 is 5.32 Å². The molecule has 0 aliphatic carbocycles. The number of benzene rings is 1. The third-order valence-corrected chi connectivity index (χ3v) is 5.01. The highest BCUT2D eigenvalue weighted by atomic mass is 35.5. The minimum atomic E-state index is -4.70. The molecule has 0 bridgehead atoms. The van der Waals surface area contributed by atoms with E-state index in [4.69, 9.17) is 0 Å². The summed E-state index contributed by atoms with van der Waals surface area (Å²) < 4.78 is 65.6. The number of rotatable bonds is 3. The van der Waals surface area contributed by atoms with Crippen LogP contribution < -0.4 is 10.0 Å². The van der Waals surface area contributed by atoms with Crippen molar-refractivity contribution in [3.63, 3.8) is 0 Å². The first-order chi connectivity index (χ1) is 9.70. The largest absolute Gasteiger partial charge is 0.417 e. The zero-order valence-corrected chi connectivity index (χ0v) is 13.5. The van der Waals surface area contributed by atoms with E-state index < -0.39 is 26.7 Å². The molecule has 1 aromatic carbocycles. The lowest BCUT2D eigenvalue weighted by molar-refractivity contribution is -0.139. The lowest BCUT2D eigenvalue weighted by Gasteiger charge is -2.28. The molecule has 0 amide bonds. The SMILES string of the molecule is CC1CC(NS(=O)(=O)c2ccccc2C(F)(F)F)CCN1.Cl. The molecule has 0 radical (unpaired) electrons. The van der Waals surface area contributed by atoms with Crippen molar-refractivity contribution >= 4 is 22.4 Å². The fourth-order valence-corrected chi connectivity index (χ4v) is 3.97. The van der Waals surface area contributed by atoms with Gasteiger partial charge in [-0.05, 0) is 38.4 Å². The predicted molar refractivity (Wildman–Crippen MR) is 79.5 cm³/mol. The molecule has 0 spiro atoms. The average molecular weight is 359 g/mol. The Kier molecular flexibility index (Phi) is 6.26. The third kappa shape index (κ3) is 4.58. The Morgan fingerprint density at radius 1 is 1.27 bits per heavy atom. The van der Waals surface area contributed by atoms with Crippen molar-refractivity contribution in [2.75, 3.05) is 6.54 Å². The summed E-state index contributed by atoms with van der Waals surface area (Å²) in [7, 11) is -4.19. The topological polar surface area (TPSA) is 58.2 Å². The summed E-state index contributed by atoms with van der Waals surface area (Å²) >= 11 is 0. The van der Waals surface area contributed by atoms with Gasteiger partial charge in [0.2, 0.25) is 10.0 Å². The van der Waals surface area contributed by atoms with E-state index in [9.17, 15) is 21.6 Å². The molecule has 22 heavy (non-hydrogen) atoms. The first-order valence-electron chi connectivity index (χ1n) is 6.62. The van der Waals surface area contributed by atoms with Crippen LogP contribution in [0.5, 0.6) is 0 Å². The van der Waals surface area contributed by atoms with Crippen LogP contribution in [0, 0.1) is 0 Å². The van der Waals surface area contributed by atoms with Crippen LogP contribution in [0.2, 0.25) is 0 Å². The molecule has 2 unspecified atom stereocenters. The minimum absolute atomic E-state index is 0. The molecule has 1 saturated heterocycles. The number of hydrogen-bond acceptors (Lipinski definition) is 3. The molecule has 2 rings (SSSR count). The summed E-state index contributed by atoms with van der Waals surface area (Å²) in [4.78, 5) is -0.719. The molecule has 4 nitrogen and oxygen atoms in total. The predicted octanol–water partition coefficient (Wildman–Crippen LogP) is 2.55. The van der Waals surface area contributed by atoms with Gasteiger partial charge in [0.05, 0.1) is 10.5 Å². The van der Waals surface area contributed by atoms with Gasteiger partial charge in [-0.25, -0.2) is 13.1 Å². The Labute approximate surface area is 133 Å². The van der Waals surface area contributed by atoms with Crippen molar-refractivity contribution in [2.24, 2.45) is 0 Å². The number of piperidine rings is 1. The van der Waals surface area contributed by atoms with Crippen molar-refractivity contribution < 1.29 is 21.6 Å². The van der Waals surface area contributed by atoms with E-state index in [2.05, 4.69) is 10.0 Å². The normalized spacial score (nSPS) is 22.9. The van der Waals surface area contributed by atoms with Gasteiger partial charge in [0.1, 0.15) is 0 Å². The second-order valence-electron chi connectivity index (χ2n) is 5.19. The number of sulfonamides is 1. The van der Waals surface area contributed by atoms with Crippen LogP contribution in [-0.4, -0.2) is 27.0 Å². The molecule has 0 aromatic heterocycles. The number of halogens is 4. The monoisotopic (exact) mass is 358 g/mol. The van der Waals surface area contributed by atoms with Crippen molar-refractivity contribution in [3.05, 3.63) is 29.8 Å². The summed E-state index contributed by atoms with van der Waals surface area (Å²) in [6.45, 7) is 2.54. The van der Waals surface area contributed by atoms with Crippen molar-refractivity contribution in [3.8, 4) is 0 Å². The Bertz CT molecular complexity index is 608. The van der Waals surface area contributed by atoms with Crippen LogP contribution in [0.1, 0.15) is 25.3 Å². The van der Waals surface area contributed by atoms with Gasteiger partial charge in [-0.3, -0.25) is 0 Å². The second-order valence-corrected chi connectivity index (χ2v) is 6.87. The van der Waals surface area contributed by atoms with Crippen LogP contribution in [0.3, 0.4) is 0 Å². The number of alkyl halides is 3. The van der Waals surface area contributed by atoms with Gasteiger partial charge in [0.25, 0.3) is 0 Å². The van der Waals surface area contributed by atoms with Crippen LogP contribution in [0.25, 0.3) is 0 Å². The highest BCUT2D eigenvalue weighted by molar-refractivity contribution is 7.89. The van der Waals surface area contributed by atoms with Gasteiger partial charge in [0.15, 0.2) is 0 Å². The highest BCUT2D eigenvalue weighted by Gasteiger charge is 2.37. The van der Waals surface area contributed by atoms with E-state index in [1.54, 1.807) is 0 Å². The number of hydrogen-bond donors (Lipinski definition) is 2. The van der Waals surface area contributed by atoms with Crippen LogP contribution in [0.15, 0.2) is 29.2 Å². The molecular formula is C13H18ClF3N2O2S. The smallest absolute Gasteiger partial charge is 0.314 e. The quantitative estimate of drug-likeness (QED) is 0.873. The molecule has 1 aliphatic rings. The van der Waals surface area contributed by atoms with Gasteiger partial charge >= 0.3 is 6.18 Å². The van der Waals surface area contributed by atoms with Crippen LogP contribution in [-0.2, 0) is 16.2 Å². The fourth-order valence-electron chi connectivity index (χ4n) is 2.46. The first-order valence-corrected chi connectivity index (χ1v) is 8.10. The van der Waals surface area contributed by atoms with Gasteiger partial charge in [-0.2, -0.15) is 13.2 Å². The molecule has 2 atom stereocenters. The molecule has 126 valence electrons. The van der Waals surface area contributed by atoms with Gasteiger partial charge in [-0.15, -0.1) is 12.4 Å². The molecule has 0 saturated carbocycles. The highest BCUT2D eigenvalue weighted by Crippen LogP contribution is 2.34. The van der Waals surface area contributed by atoms with Gasteiger partial charge in [0, 0.05) is 12.1 Å². The lowest BCUT2D eigenvalue weighted by atomic mass is 10.0. The van der Waals surface area contributed by atoms with E-state index in [1.807, 2.05) is 6.92 Å². The summed E-state index contributed by atoms with van der Waals surface area (Å²) in [6, 6.07) is 4.00. The molecule has 1 heterocycles. The van der Waals surface area contributed by atoms with E-state index in [1.165, 1.54) is 12.1 Å². The standard InChI is InChI=1S/C13H17F3N2O2S.ClH/c1-9-8-10(6-7-17-9)18-21(19,20)12-5-3-2-4-11(12)13(14,15)16;/h2-5,9-10,17-18H,6-8H2,1H3;1H. The third-order valence-electron chi connectivity index (χ3n) is 3.43. The maximum absolute atomic E-state index is 12.9. The molecule has 1 fully saturated rings. The zero-order valence-electron chi connectivity index (χ0n) is 11.9. The summed E-state index contributed by atoms with van der Waals surface area (Å²) in [5.41, 5.74) is -1.14. The van der Waals surface area contributed by atoms with Crippen LogP contribution in [0.4, 0.5) is 13.2 Å². The Morgan fingerprint density at radius 2 is 1.91 bits per heavy atom. The molecular weight excluding hydrogens is 341 g/mol. The van der Waals surface area contributed by atoms with Crippen LogP contribution >= 0.6 is 12.4 Å². The summed E-state index contributed by atoms with van der Waals surface area (Å²) in [5.74, 6) is 0. The number of nitrogens with one attached hydrogen (secondary N) is 2. The van der Waals surface area contributed by atoms with E-state index in [0.29, 0.717) is 19.4 Å². The van der Waals surface area contributed by atoms with Crippen molar-refractivity contribution in [1.82, 2.24) is 10.0 Å². The zero-order chi connectivity index (χ0) is 15.7.